The van der Waals surface area contributed by atoms with Gasteiger partial charge in [-0.1, -0.05) is 42.8 Å². The summed E-state index contributed by atoms with van der Waals surface area (Å²) < 4.78 is 5.37. The van der Waals surface area contributed by atoms with E-state index in [9.17, 15) is 4.79 Å². The van der Waals surface area contributed by atoms with Gasteiger partial charge in [0.15, 0.2) is 0 Å². The summed E-state index contributed by atoms with van der Waals surface area (Å²) in [6, 6.07) is 15.4. The minimum absolute atomic E-state index is 0.0304. The highest BCUT2D eigenvalue weighted by molar-refractivity contribution is 6.30. The number of methoxy groups -OCH3 is 1. The van der Waals surface area contributed by atoms with Gasteiger partial charge in [-0.2, -0.15) is 5.10 Å². The van der Waals surface area contributed by atoms with Crippen LogP contribution in [0.3, 0.4) is 0 Å². The first-order valence-electron chi connectivity index (χ1n) is 10.8. The lowest BCUT2D eigenvalue weighted by Gasteiger charge is -2.34. The van der Waals surface area contributed by atoms with Crippen LogP contribution in [-0.4, -0.2) is 72.8 Å². The number of likely N-dealkylation sites (N-methyl/N-ethyl adjacent to an activating group) is 1. The molecule has 6 nitrogen and oxygen atoms in total. The quantitative estimate of drug-likeness (QED) is 0.687. The molecule has 1 amide bonds. The molecule has 2 heterocycles. The molecule has 0 N–H and O–H groups in total. The van der Waals surface area contributed by atoms with Crippen molar-refractivity contribution in [3.8, 4) is 5.75 Å². The summed E-state index contributed by atoms with van der Waals surface area (Å²) in [4.78, 5) is 18.0. The van der Waals surface area contributed by atoms with Gasteiger partial charge in [-0.25, -0.2) is 5.01 Å². The van der Waals surface area contributed by atoms with Crippen molar-refractivity contribution in [1.29, 1.82) is 0 Å². The van der Waals surface area contributed by atoms with Gasteiger partial charge in [-0.05, 0) is 36.4 Å². The van der Waals surface area contributed by atoms with Crippen LogP contribution in [-0.2, 0) is 4.79 Å². The number of rotatable bonds is 6. The number of amides is 1. The van der Waals surface area contributed by atoms with Crippen molar-refractivity contribution in [2.24, 2.45) is 5.10 Å². The van der Waals surface area contributed by atoms with Gasteiger partial charge in [-0.15, -0.1) is 0 Å². The molecule has 7 heteroatoms. The van der Waals surface area contributed by atoms with Crippen LogP contribution in [0.5, 0.6) is 5.75 Å². The largest absolute Gasteiger partial charge is 0.497 e. The van der Waals surface area contributed by atoms with Gasteiger partial charge in [0.25, 0.3) is 5.91 Å². The van der Waals surface area contributed by atoms with E-state index in [-0.39, 0.29) is 11.9 Å². The molecule has 0 saturated carbocycles. The predicted octanol–water partition coefficient (Wildman–Crippen LogP) is 3.66. The van der Waals surface area contributed by atoms with Crippen LogP contribution in [0, 0.1) is 0 Å². The Balaban J connectivity index is 1.56. The predicted molar refractivity (Wildman–Crippen MR) is 124 cm³/mol. The normalized spacial score (nSPS) is 20.0. The highest BCUT2D eigenvalue weighted by Crippen LogP contribution is 2.34. The Morgan fingerprint density at radius 1 is 1.10 bits per heavy atom. The summed E-state index contributed by atoms with van der Waals surface area (Å²) in [7, 11) is 1.65. The van der Waals surface area contributed by atoms with E-state index in [0.29, 0.717) is 18.0 Å². The minimum Gasteiger partial charge on any atom is -0.497 e. The zero-order chi connectivity index (χ0) is 21.8. The molecule has 0 unspecified atom stereocenters. The zero-order valence-electron chi connectivity index (χ0n) is 18.1. The Hall–Kier alpha value is -2.41. The minimum atomic E-state index is -0.136. The molecular formula is C24H29ClN4O2. The monoisotopic (exact) mass is 440 g/mol. The summed E-state index contributed by atoms with van der Waals surface area (Å²) in [5, 5.41) is 7.14. The molecule has 0 spiro atoms. The molecule has 4 rings (SSSR count). The molecular weight excluding hydrogens is 412 g/mol. The molecule has 2 aromatic rings. The van der Waals surface area contributed by atoms with Crippen LogP contribution in [0.2, 0.25) is 5.02 Å². The second-order valence-electron chi connectivity index (χ2n) is 8.00. The van der Waals surface area contributed by atoms with Gasteiger partial charge in [0.1, 0.15) is 5.75 Å². The smallest absolute Gasteiger partial charge is 0.257 e. The summed E-state index contributed by atoms with van der Waals surface area (Å²) in [6.45, 7) is 7.44. The Morgan fingerprint density at radius 2 is 1.81 bits per heavy atom. The van der Waals surface area contributed by atoms with E-state index in [4.69, 9.17) is 21.4 Å². The van der Waals surface area contributed by atoms with E-state index in [1.54, 1.807) is 12.1 Å². The Bertz CT molecular complexity index is 939. The van der Waals surface area contributed by atoms with Crippen molar-refractivity contribution in [2.75, 3.05) is 46.4 Å². The van der Waals surface area contributed by atoms with E-state index in [1.165, 1.54) is 0 Å². The number of hydrogen-bond donors (Lipinski definition) is 0. The van der Waals surface area contributed by atoms with Crippen molar-refractivity contribution in [3.05, 3.63) is 64.7 Å². The van der Waals surface area contributed by atoms with E-state index >= 15 is 0 Å². The zero-order valence-corrected chi connectivity index (χ0v) is 18.9. The third-order valence-electron chi connectivity index (χ3n) is 6.09. The number of ether oxygens (including phenoxy) is 1. The van der Waals surface area contributed by atoms with Crippen molar-refractivity contribution in [3.63, 3.8) is 0 Å². The van der Waals surface area contributed by atoms with Gasteiger partial charge < -0.3 is 9.64 Å². The van der Waals surface area contributed by atoms with Gasteiger partial charge in [0.2, 0.25) is 0 Å². The highest BCUT2D eigenvalue weighted by Gasteiger charge is 2.34. The van der Waals surface area contributed by atoms with Crippen molar-refractivity contribution in [1.82, 2.24) is 14.8 Å². The summed E-state index contributed by atoms with van der Waals surface area (Å²) >= 11 is 6.09. The molecule has 0 aromatic heterocycles. The Labute approximate surface area is 189 Å². The number of hydrazone groups is 1. The first-order chi connectivity index (χ1) is 15.1. The first-order valence-corrected chi connectivity index (χ1v) is 11.2. The number of carbonyl (C=O) groups excluding carboxylic acids is 1. The fourth-order valence-corrected chi connectivity index (χ4v) is 4.32. The average molecular weight is 441 g/mol. The number of carbonyl (C=O) groups is 1. The molecule has 2 aromatic carbocycles. The summed E-state index contributed by atoms with van der Waals surface area (Å²) in [5.74, 6) is 0.810. The lowest BCUT2D eigenvalue weighted by Crippen LogP contribution is -2.49. The first kappa shape index (κ1) is 21.8. The van der Waals surface area contributed by atoms with E-state index in [2.05, 4.69) is 16.7 Å². The van der Waals surface area contributed by atoms with Crippen LogP contribution in [0.25, 0.3) is 0 Å². The second-order valence-corrected chi connectivity index (χ2v) is 8.44. The van der Waals surface area contributed by atoms with E-state index < -0.39 is 0 Å². The standard InChI is InChI=1S/C24H29ClN4O2/c1-3-27-11-13-28(14-12-27)17-24(30)29-23(18-7-9-20(25)10-8-18)16-22(26-29)19-5-4-6-21(15-19)31-2/h4-10,15,23H,3,11-14,16-17H2,1-2H3/t23-/m1/s1. The highest BCUT2D eigenvalue weighted by atomic mass is 35.5. The van der Waals surface area contributed by atoms with Gasteiger partial charge in [0, 0.05) is 43.2 Å². The van der Waals surface area contributed by atoms with Crippen molar-refractivity contribution < 1.29 is 9.53 Å². The summed E-state index contributed by atoms with van der Waals surface area (Å²) in [6.07, 6.45) is 0.657. The van der Waals surface area contributed by atoms with E-state index in [0.717, 1.165) is 55.3 Å². The number of benzene rings is 2. The topological polar surface area (TPSA) is 48.4 Å². The Morgan fingerprint density at radius 3 is 2.48 bits per heavy atom. The molecule has 2 aliphatic heterocycles. The lowest BCUT2D eigenvalue weighted by atomic mass is 9.98. The molecule has 1 fully saturated rings. The fraction of sp³-hybridized carbons (Fsp3) is 0.417. The molecule has 1 atom stereocenters. The number of piperazine rings is 1. The SMILES string of the molecule is CCN1CCN(CC(=O)N2N=C(c3cccc(OC)c3)C[C@@H]2c2ccc(Cl)cc2)CC1. The molecule has 164 valence electrons. The van der Waals surface area contributed by atoms with Crippen LogP contribution in [0.1, 0.15) is 30.5 Å². The molecule has 1 saturated heterocycles. The fourth-order valence-electron chi connectivity index (χ4n) is 4.19. The number of hydrogen-bond acceptors (Lipinski definition) is 5. The molecule has 2 aliphatic rings. The molecule has 0 radical (unpaired) electrons. The lowest BCUT2D eigenvalue weighted by molar-refractivity contribution is -0.134. The van der Waals surface area contributed by atoms with Crippen molar-refractivity contribution in [2.45, 2.75) is 19.4 Å². The maximum atomic E-state index is 13.3. The van der Waals surface area contributed by atoms with Crippen molar-refractivity contribution >= 4 is 23.2 Å². The van der Waals surface area contributed by atoms with Crippen LogP contribution >= 0.6 is 11.6 Å². The second kappa shape index (κ2) is 9.81. The third-order valence-corrected chi connectivity index (χ3v) is 6.35. The van der Waals surface area contributed by atoms with Crippen LogP contribution in [0.4, 0.5) is 0 Å². The average Bonchev–Trinajstić information content (AvgIpc) is 3.26. The number of nitrogens with zero attached hydrogens (tertiary/aromatic N) is 4. The molecule has 0 bridgehead atoms. The van der Waals surface area contributed by atoms with Gasteiger partial charge in [0.05, 0.1) is 25.4 Å². The van der Waals surface area contributed by atoms with E-state index in [1.807, 2.05) is 48.5 Å². The maximum Gasteiger partial charge on any atom is 0.257 e. The summed E-state index contributed by atoms with van der Waals surface area (Å²) in [5.41, 5.74) is 2.91. The Kier molecular flexibility index (Phi) is 6.90. The van der Waals surface area contributed by atoms with Gasteiger partial charge in [-0.3, -0.25) is 9.69 Å². The molecule has 0 aliphatic carbocycles. The van der Waals surface area contributed by atoms with Gasteiger partial charge >= 0.3 is 0 Å². The maximum absolute atomic E-state index is 13.3. The van der Waals surface area contributed by atoms with Crippen LogP contribution < -0.4 is 4.74 Å². The van der Waals surface area contributed by atoms with Crippen LogP contribution in [0.15, 0.2) is 53.6 Å². The molecule has 31 heavy (non-hydrogen) atoms. The third kappa shape index (κ3) is 5.09. The number of halogens is 1.